The molecule has 2 atom stereocenters. The minimum Gasteiger partial charge on any atom is -0.349 e. The van der Waals surface area contributed by atoms with Crippen LogP contribution in [-0.4, -0.2) is 11.9 Å². The average Bonchev–Trinajstić information content (AvgIpc) is 2.35. The smallest absolute Gasteiger partial charge is 0.222 e. The zero-order valence-electron chi connectivity index (χ0n) is 12.4. The van der Waals surface area contributed by atoms with Crippen molar-refractivity contribution in [1.82, 2.24) is 5.32 Å². The predicted molar refractivity (Wildman–Crippen MR) is 79.7 cm³/mol. The maximum atomic E-state index is 12.1. The van der Waals surface area contributed by atoms with Crippen molar-refractivity contribution in [2.75, 3.05) is 0 Å². The van der Waals surface area contributed by atoms with Gasteiger partial charge in [-0.25, -0.2) is 0 Å². The summed E-state index contributed by atoms with van der Waals surface area (Å²) < 4.78 is 0. The van der Waals surface area contributed by atoms with E-state index in [9.17, 15) is 4.79 Å². The van der Waals surface area contributed by atoms with Crippen LogP contribution in [-0.2, 0) is 4.79 Å². The van der Waals surface area contributed by atoms with E-state index < -0.39 is 0 Å². The van der Waals surface area contributed by atoms with E-state index in [4.69, 9.17) is 5.73 Å². The maximum absolute atomic E-state index is 12.1. The van der Waals surface area contributed by atoms with Crippen LogP contribution in [0.3, 0.4) is 0 Å². The molecule has 3 nitrogen and oxygen atoms in total. The molecule has 1 amide bonds. The molecule has 19 heavy (non-hydrogen) atoms. The van der Waals surface area contributed by atoms with Crippen molar-refractivity contribution in [3.8, 4) is 0 Å². The molecule has 3 N–H and O–H groups in total. The van der Waals surface area contributed by atoms with Gasteiger partial charge in [-0.2, -0.15) is 0 Å². The summed E-state index contributed by atoms with van der Waals surface area (Å²) in [4.78, 5) is 12.1. The Kier molecular flexibility index (Phi) is 5.55. The van der Waals surface area contributed by atoms with E-state index in [0.29, 0.717) is 6.42 Å². The van der Waals surface area contributed by atoms with Crippen LogP contribution in [0.15, 0.2) is 30.3 Å². The number of hydrogen-bond donors (Lipinski definition) is 2. The van der Waals surface area contributed by atoms with Crippen molar-refractivity contribution in [2.24, 2.45) is 11.1 Å². The second-order valence-corrected chi connectivity index (χ2v) is 6.15. The summed E-state index contributed by atoms with van der Waals surface area (Å²) in [6.45, 7) is 8.39. The lowest BCUT2D eigenvalue weighted by Crippen LogP contribution is -2.39. The van der Waals surface area contributed by atoms with Gasteiger partial charge in [-0.1, -0.05) is 58.0 Å². The topological polar surface area (TPSA) is 55.1 Å². The van der Waals surface area contributed by atoms with Crippen LogP contribution in [0.1, 0.15) is 52.1 Å². The van der Waals surface area contributed by atoms with Crippen LogP contribution < -0.4 is 11.1 Å². The third-order valence-corrected chi connectivity index (χ3v) is 3.28. The molecule has 1 aromatic rings. The molecule has 0 aliphatic heterocycles. The van der Waals surface area contributed by atoms with Crippen LogP contribution in [0.25, 0.3) is 0 Å². The lowest BCUT2D eigenvalue weighted by molar-refractivity contribution is -0.123. The first-order valence-corrected chi connectivity index (χ1v) is 6.94. The summed E-state index contributed by atoms with van der Waals surface area (Å²) >= 11 is 0. The summed E-state index contributed by atoms with van der Waals surface area (Å²) in [5, 5.41) is 3.12. The molecule has 0 spiro atoms. The summed E-state index contributed by atoms with van der Waals surface area (Å²) in [7, 11) is 0. The van der Waals surface area contributed by atoms with Gasteiger partial charge in [0.15, 0.2) is 0 Å². The molecule has 0 saturated carbocycles. The van der Waals surface area contributed by atoms with Gasteiger partial charge >= 0.3 is 0 Å². The monoisotopic (exact) mass is 262 g/mol. The van der Waals surface area contributed by atoms with E-state index in [1.54, 1.807) is 0 Å². The molecule has 106 valence electrons. The standard InChI is InChI=1S/C16H26N2O/c1-5-13(17)11-14(19)18-15(16(2,3)4)12-9-7-6-8-10-12/h6-10,13,15H,5,11,17H2,1-4H3,(H,18,19). The van der Waals surface area contributed by atoms with Crippen molar-refractivity contribution < 1.29 is 4.79 Å². The number of rotatable bonds is 5. The van der Waals surface area contributed by atoms with E-state index >= 15 is 0 Å². The molecule has 0 fully saturated rings. The number of carbonyl (C=O) groups excluding carboxylic acids is 1. The van der Waals surface area contributed by atoms with E-state index in [0.717, 1.165) is 12.0 Å². The summed E-state index contributed by atoms with van der Waals surface area (Å²) in [5.41, 5.74) is 6.93. The lowest BCUT2D eigenvalue weighted by atomic mass is 9.82. The molecule has 0 bridgehead atoms. The van der Waals surface area contributed by atoms with E-state index in [-0.39, 0.29) is 23.4 Å². The van der Waals surface area contributed by atoms with Gasteiger partial charge in [0.1, 0.15) is 0 Å². The molecule has 0 aliphatic carbocycles. The van der Waals surface area contributed by atoms with Gasteiger partial charge < -0.3 is 11.1 Å². The Morgan fingerprint density at radius 3 is 2.32 bits per heavy atom. The van der Waals surface area contributed by atoms with Crippen LogP contribution in [0.5, 0.6) is 0 Å². The Morgan fingerprint density at radius 2 is 1.84 bits per heavy atom. The van der Waals surface area contributed by atoms with Crippen LogP contribution >= 0.6 is 0 Å². The first-order chi connectivity index (χ1) is 8.84. The fraction of sp³-hybridized carbons (Fsp3) is 0.562. The molecule has 3 heteroatoms. The normalized spacial score (nSPS) is 14.8. The second-order valence-electron chi connectivity index (χ2n) is 6.15. The molecule has 0 aromatic heterocycles. The van der Waals surface area contributed by atoms with Gasteiger partial charge in [-0.15, -0.1) is 0 Å². The van der Waals surface area contributed by atoms with Gasteiger partial charge in [0.2, 0.25) is 5.91 Å². The number of benzene rings is 1. The average molecular weight is 262 g/mol. The first kappa shape index (κ1) is 15.7. The number of hydrogen-bond acceptors (Lipinski definition) is 2. The van der Waals surface area contributed by atoms with Crippen molar-refractivity contribution in [1.29, 1.82) is 0 Å². The molecular formula is C16H26N2O. The van der Waals surface area contributed by atoms with Gasteiger partial charge in [-0.3, -0.25) is 4.79 Å². The third-order valence-electron chi connectivity index (χ3n) is 3.28. The number of carbonyl (C=O) groups is 1. The minimum atomic E-state index is -0.0589. The lowest BCUT2D eigenvalue weighted by Gasteiger charge is -2.32. The van der Waals surface area contributed by atoms with Crippen molar-refractivity contribution in [2.45, 2.75) is 52.6 Å². The highest BCUT2D eigenvalue weighted by atomic mass is 16.1. The van der Waals surface area contributed by atoms with Crippen LogP contribution in [0.4, 0.5) is 0 Å². The quantitative estimate of drug-likeness (QED) is 0.857. The van der Waals surface area contributed by atoms with Crippen LogP contribution in [0.2, 0.25) is 0 Å². The van der Waals surface area contributed by atoms with Crippen molar-refractivity contribution in [3.05, 3.63) is 35.9 Å². The molecule has 0 saturated heterocycles. The Morgan fingerprint density at radius 1 is 1.26 bits per heavy atom. The molecular weight excluding hydrogens is 236 g/mol. The zero-order chi connectivity index (χ0) is 14.5. The number of amides is 1. The predicted octanol–water partition coefficient (Wildman–Crippen LogP) is 3.02. The SMILES string of the molecule is CCC(N)CC(=O)NC(c1ccccc1)C(C)(C)C. The fourth-order valence-electron chi connectivity index (χ4n) is 2.05. The highest BCUT2D eigenvalue weighted by Gasteiger charge is 2.27. The van der Waals surface area contributed by atoms with Crippen molar-refractivity contribution in [3.63, 3.8) is 0 Å². The molecule has 1 rings (SSSR count). The summed E-state index contributed by atoms with van der Waals surface area (Å²) in [5.74, 6) is 0.0260. The number of nitrogens with one attached hydrogen (secondary N) is 1. The Labute approximate surface area is 116 Å². The van der Waals surface area contributed by atoms with E-state index in [2.05, 4.69) is 38.2 Å². The molecule has 0 aliphatic rings. The summed E-state index contributed by atoms with van der Waals surface area (Å²) in [6.07, 6.45) is 1.20. The molecule has 0 heterocycles. The van der Waals surface area contributed by atoms with E-state index in [1.165, 1.54) is 0 Å². The van der Waals surface area contributed by atoms with Gasteiger partial charge in [-0.05, 0) is 17.4 Å². The van der Waals surface area contributed by atoms with Gasteiger partial charge in [0.25, 0.3) is 0 Å². The largest absolute Gasteiger partial charge is 0.349 e. The summed E-state index contributed by atoms with van der Waals surface area (Å²) in [6, 6.07) is 10.0. The van der Waals surface area contributed by atoms with Gasteiger partial charge in [0, 0.05) is 12.5 Å². The third kappa shape index (κ3) is 5.03. The van der Waals surface area contributed by atoms with Crippen molar-refractivity contribution >= 4 is 5.91 Å². The van der Waals surface area contributed by atoms with E-state index in [1.807, 2.05) is 25.1 Å². The highest BCUT2D eigenvalue weighted by Crippen LogP contribution is 2.32. The molecule has 0 radical (unpaired) electrons. The Balaban J connectivity index is 2.80. The molecule has 1 aromatic carbocycles. The fourth-order valence-corrected chi connectivity index (χ4v) is 2.05. The molecule has 2 unspecified atom stereocenters. The number of nitrogens with two attached hydrogens (primary N) is 1. The zero-order valence-corrected chi connectivity index (χ0v) is 12.4. The Bertz CT molecular complexity index is 395. The minimum absolute atomic E-state index is 0.00487. The highest BCUT2D eigenvalue weighted by molar-refractivity contribution is 5.77. The second kappa shape index (κ2) is 6.71. The maximum Gasteiger partial charge on any atom is 0.222 e. The van der Waals surface area contributed by atoms with Crippen LogP contribution in [0, 0.1) is 5.41 Å². The first-order valence-electron chi connectivity index (χ1n) is 6.94. The van der Waals surface area contributed by atoms with Gasteiger partial charge in [0.05, 0.1) is 6.04 Å². The Hall–Kier alpha value is -1.35.